The topological polar surface area (TPSA) is 0 Å². The van der Waals surface area contributed by atoms with Crippen molar-refractivity contribution in [3.8, 4) is 0 Å². The maximum absolute atomic E-state index is 3.73. The molecule has 0 aliphatic carbocycles. The van der Waals surface area contributed by atoms with Crippen molar-refractivity contribution in [2.24, 2.45) is 0 Å². The second kappa shape index (κ2) is 3.19. The number of halogens is 2. The number of hydrogen-bond acceptors (Lipinski definition) is 0. The van der Waals surface area contributed by atoms with E-state index in [0.29, 0.717) is 0 Å². The number of hydrogen-bond donors (Lipinski definition) is 0. The third-order valence-corrected chi connectivity index (χ3v) is 4.80. The second-order valence-corrected chi connectivity index (χ2v) is 24.2. The first-order valence-electron chi connectivity index (χ1n) is 3.26. The van der Waals surface area contributed by atoms with Gasteiger partial charge in [0, 0.05) is 0 Å². The van der Waals surface area contributed by atoms with Crippen LogP contribution in [0.1, 0.15) is 19.8 Å². The van der Waals surface area contributed by atoms with Crippen LogP contribution in [0.3, 0.4) is 0 Å². The molecule has 0 bridgehead atoms. The van der Waals surface area contributed by atoms with Crippen LogP contribution in [0.15, 0.2) is 0 Å². The predicted molar refractivity (Wildman–Crippen MR) is 56.4 cm³/mol. The van der Waals surface area contributed by atoms with Crippen molar-refractivity contribution >= 4 is 35.0 Å². The fourth-order valence-electron chi connectivity index (χ4n) is 0.594. The summed E-state index contributed by atoms with van der Waals surface area (Å²) in [6.45, 7) is 6.78. The Kier molecular flexibility index (Phi) is 3.69. The van der Waals surface area contributed by atoms with Gasteiger partial charge < -0.3 is 0 Å². The molecule has 0 rings (SSSR count). The molecular formula is C6H15Br2P. The van der Waals surface area contributed by atoms with Gasteiger partial charge in [-0.15, -0.1) is 0 Å². The summed E-state index contributed by atoms with van der Waals surface area (Å²) in [5, 5.41) is 0. The molecular weight excluding hydrogens is 263 g/mol. The zero-order valence-electron chi connectivity index (χ0n) is 6.32. The van der Waals surface area contributed by atoms with Crippen LogP contribution in [-0.2, 0) is 0 Å². The van der Waals surface area contributed by atoms with Crippen molar-refractivity contribution in [1.82, 2.24) is 0 Å². The van der Waals surface area contributed by atoms with E-state index in [4.69, 9.17) is 0 Å². The van der Waals surface area contributed by atoms with Gasteiger partial charge in [-0.05, 0) is 0 Å². The minimum absolute atomic E-state index is 1.29. The maximum atomic E-state index is 3.73. The van der Waals surface area contributed by atoms with Gasteiger partial charge in [-0.2, -0.15) is 0 Å². The zero-order chi connectivity index (χ0) is 7.57. The first kappa shape index (κ1) is 10.4. The Hall–Kier alpha value is 1.39. The molecule has 0 aromatic heterocycles. The minimum atomic E-state index is -1.50. The molecule has 0 amide bonds. The Morgan fingerprint density at radius 2 is 1.67 bits per heavy atom. The summed E-state index contributed by atoms with van der Waals surface area (Å²) in [5.41, 5.74) is 0. The Morgan fingerprint density at radius 3 is 1.78 bits per heavy atom. The summed E-state index contributed by atoms with van der Waals surface area (Å²) in [6, 6.07) is 0. The summed E-state index contributed by atoms with van der Waals surface area (Å²) in [7, 11) is 0. The molecule has 0 fully saturated rings. The van der Waals surface area contributed by atoms with E-state index in [1.807, 2.05) is 0 Å². The Morgan fingerprint density at radius 1 is 1.22 bits per heavy atom. The molecule has 0 heterocycles. The van der Waals surface area contributed by atoms with Gasteiger partial charge in [0.25, 0.3) is 0 Å². The first-order chi connectivity index (χ1) is 3.81. The van der Waals surface area contributed by atoms with Crippen molar-refractivity contribution in [3.05, 3.63) is 0 Å². The summed E-state index contributed by atoms with van der Waals surface area (Å²) in [6.07, 6.45) is 3.90. The molecule has 0 aliphatic rings. The van der Waals surface area contributed by atoms with Crippen LogP contribution in [0.4, 0.5) is 0 Å². The summed E-state index contributed by atoms with van der Waals surface area (Å²) in [5.74, 6) is 0. The summed E-state index contributed by atoms with van der Waals surface area (Å²) in [4.78, 5) is 0. The molecule has 0 aromatic carbocycles. The van der Waals surface area contributed by atoms with E-state index in [9.17, 15) is 0 Å². The van der Waals surface area contributed by atoms with Crippen LogP contribution in [0, 0.1) is 0 Å². The summed E-state index contributed by atoms with van der Waals surface area (Å²) >= 11 is 7.46. The van der Waals surface area contributed by atoms with Crippen molar-refractivity contribution in [1.29, 1.82) is 0 Å². The average molecular weight is 278 g/mol. The molecule has 0 N–H and O–H groups in total. The van der Waals surface area contributed by atoms with E-state index in [1.165, 1.54) is 19.0 Å². The number of unbranched alkanes of at least 4 members (excludes halogenated alkanes) is 1. The van der Waals surface area contributed by atoms with Gasteiger partial charge in [0.1, 0.15) is 0 Å². The van der Waals surface area contributed by atoms with Crippen molar-refractivity contribution in [2.45, 2.75) is 19.8 Å². The van der Waals surface area contributed by atoms with E-state index in [1.54, 1.807) is 0 Å². The molecule has 0 nitrogen and oxygen atoms in total. The van der Waals surface area contributed by atoms with Gasteiger partial charge in [0.2, 0.25) is 0 Å². The molecule has 0 aromatic rings. The second-order valence-electron chi connectivity index (χ2n) is 3.14. The standard InChI is InChI=1S/C6H15Br2P/c1-4-5-6-9(2,3,7)8/h4-6H2,1-3H3. The van der Waals surface area contributed by atoms with Crippen LogP contribution >= 0.6 is 35.0 Å². The third kappa shape index (κ3) is 9.39. The van der Waals surface area contributed by atoms with E-state index < -0.39 is 4.01 Å². The van der Waals surface area contributed by atoms with E-state index in [0.717, 1.165) is 0 Å². The Labute approximate surface area is 74.2 Å². The summed E-state index contributed by atoms with van der Waals surface area (Å²) < 4.78 is -1.50. The Bertz CT molecular complexity index is 83.7. The van der Waals surface area contributed by atoms with E-state index >= 15 is 0 Å². The molecule has 0 saturated carbocycles. The fraction of sp³-hybridized carbons (Fsp3) is 1.00. The normalized spacial score (nSPS) is 16.8. The van der Waals surface area contributed by atoms with Gasteiger partial charge >= 0.3 is 74.2 Å². The molecule has 0 atom stereocenters. The third-order valence-electron chi connectivity index (χ3n) is 1.13. The van der Waals surface area contributed by atoms with Gasteiger partial charge in [-0.3, -0.25) is 0 Å². The van der Waals surface area contributed by atoms with Crippen LogP contribution < -0.4 is 0 Å². The molecule has 0 saturated heterocycles. The van der Waals surface area contributed by atoms with Gasteiger partial charge in [-0.1, -0.05) is 0 Å². The van der Waals surface area contributed by atoms with Gasteiger partial charge in [-0.25, -0.2) is 0 Å². The van der Waals surface area contributed by atoms with Crippen molar-refractivity contribution < 1.29 is 0 Å². The fourth-order valence-corrected chi connectivity index (χ4v) is 3.29. The van der Waals surface area contributed by atoms with Gasteiger partial charge in [0.05, 0.1) is 0 Å². The van der Waals surface area contributed by atoms with Crippen LogP contribution in [0.2, 0.25) is 0 Å². The van der Waals surface area contributed by atoms with Crippen LogP contribution in [0.25, 0.3) is 0 Å². The molecule has 9 heavy (non-hydrogen) atoms. The average Bonchev–Trinajstić information content (AvgIpc) is 1.57. The SMILES string of the molecule is CCCCP(C)(C)(Br)Br. The first-order valence-corrected chi connectivity index (χ1v) is 10.6. The van der Waals surface area contributed by atoms with E-state index in [-0.39, 0.29) is 0 Å². The molecule has 0 radical (unpaired) electrons. The molecule has 58 valence electrons. The van der Waals surface area contributed by atoms with Gasteiger partial charge in [0.15, 0.2) is 0 Å². The zero-order valence-corrected chi connectivity index (χ0v) is 10.4. The monoisotopic (exact) mass is 276 g/mol. The number of rotatable bonds is 3. The predicted octanol–water partition coefficient (Wildman–Crippen LogP) is 4.22. The quantitative estimate of drug-likeness (QED) is 0.678. The van der Waals surface area contributed by atoms with Crippen LogP contribution in [0.5, 0.6) is 0 Å². The van der Waals surface area contributed by atoms with Crippen molar-refractivity contribution in [3.63, 3.8) is 0 Å². The molecule has 0 spiro atoms. The molecule has 3 heteroatoms. The molecule has 0 aliphatic heterocycles. The Balaban J connectivity index is 3.60. The van der Waals surface area contributed by atoms with Crippen molar-refractivity contribution in [2.75, 3.05) is 19.5 Å². The van der Waals surface area contributed by atoms with E-state index in [2.05, 4.69) is 51.2 Å². The van der Waals surface area contributed by atoms with Crippen LogP contribution in [-0.4, -0.2) is 19.5 Å². The molecule has 0 unspecified atom stereocenters.